The number of nitrogen functional groups attached to an aromatic ring is 1. The molecule has 2 rings (SSSR count). The van der Waals surface area contributed by atoms with Crippen LogP contribution in [0.3, 0.4) is 0 Å². The van der Waals surface area contributed by atoms with Crippen molar-refractivity contribution in [2.75, 3.05) is 11.1 Å². The van der Waals surface area contributed by atoms with Gasteiger partial charge < -0.3 is 16.2 Å². The van der Waals surface area contributed by atoms with Gasteiger partial charge in [0.05, 0.1) is 11.4 Å². The van der Waals surface area contributed by atoms with Crippen molar-refractivity contribution >= 4 is 23.3 Å². The molecule has 0 radical (unpaired) electrons. The molecule has 4 N–H and O–H groups in total. The number of benzene rings is 1. The number of amides is 1. The van der Waals surface area contributed by atoms with E-state index in [-0.39, 0.29) is 0 Å². The number of para-hydroxylation sites is 2. The minimum atomic E-state index is -1.23. The van der Waals surface area contributed by atoms with Gasteiger partial charge in [-0.05, 0) is 25.0 Å². The molecule has 1 aromatic carbocycles. The Morgan fingerprint density at radius 1 is 1.31 bits per heavy atom. The van der Waals surface area contributed by atoms with Crippen LogP contribution in [0.4, 0.5) is 11.4 Å². The second-order valence-corrected chi connectivity index (χ2v) is 3.93. The Morgan fingerprint density at radius 3 is 2.44 bits per heavy atom. The van der Waals surface area contributed by atoms with E-state index in [1.807, 2.05) is 0 Å². The van der Waals surface area contributed by atoms with Crippen molar-refractivity contribution < 1.29 is 14.7 Å². The summed E-state index contributed by atoms with van der Waals surface area (Å²) in [5.41, 5.74) is 5.30. The minimum absolute atomic E-state index is 0.390. The van der Waals surface area contributed by atoms with Crippen LogP contribution < -0.4 is 11.1 Å². The molecule has 5 nitrogen and oxygen atoms in total. The van der Waals surface area contributed by atoms with Crippen molar-refractivity contribution in [3.63, 3.8) is 0 Å². The van der Waals surface area contributed by atoms with Crippen LogP contribution in [0.25, 0.3) is 0 Å². The molecule has 16 heavy (non-hydrogen) atoms. The van der Waals surface area contributed by atoms with Gasteiger partial charge in [-0.25, -0.2) is 0 Å². The predicted molar refractivity (Wildman–Crippen MR) is 58.8 cm³/mol. The van der Waals surface area contributed by atoms with E-state index in [9.17, 15) is 9.59 Å². The van der Waals surface area contributed by atoms with E-state index in [1.165, 1.54) is 0 Å². The van der Waals surface area contributed by atoms with Crippen molar-refractivity contribution in [3.05, 3.63) is 24.3 Å². The van der Waals surface area contributed by atoms with Crippen LogP contribution in [-0.2, 0) is 9.59 Å². The van der Waals surface area contributed by atoms with Gasteiger partial charge in [-0.1, -0.05) is 12.1 Å². The first kappa shape index (κ1) is 10.5. The molecule has 1 fully saturated rings. The Kier molecular flexibility index (Phi) is 2.30. The van der Waals surface area contributed by atoms with Crippen molar-refractivity contribution in [2.45, 2.75) is 12.8 Å². The van der Waals surface area contributed by atoms with Gasteiger partial charge in [-0.3, -0.25) is 9.59 Å². The third-order valence-corrected chi connectivity index (χ3v) is 2.80. The molecule has 5 heteroatoms. The predicted octanol–water partition coefficient (Wildman–Crippen LogP) is 1.07. The van der Waals surface area contributed by atoms with Crippen LogP contribution in [0.1, 0.15) is 12.8 Å². The maximum absolute atomic E-state index is 11.7. The topological polar surface area (TPSA) is 92.4 Å². The largest absolute Gasteiger partial charge is 0.480 e. The van der Waals surface area contributed by atoms with Crippen molar-refractivity contribution in [1.29, 1.82) is 0 Å². The standard InChI is InChI=1S/C11H12N2O3/c12-7-3-1-2-4-8(7)13-9(14)11(5-6-11)10(15)16/h1-4H,5-6,12H2,(H,13,14)(H,15,16). The molecule has 1 saturated carbocycles. The highest BCUT2D eigenvalue weighted by molar-refractivity contribution is 6.11. The molecule has 0 bridgehead atoms. The van der Waals surface area contributed by atoms with Crippen LogP contribution in [0.5, 0.6) is 0 Å². The minimum Gasteiger partial charge on any atom is -0.480 e. The normalized spacial score (nSPS) is 16.5. The number of carbonyl (C=O) groups is 2. The van der Waals surface area contributed by atoms with Crippen molar-refractivity contribution in [2.24, 2.45) is 5.41 Å². The second kappa shape index (κ2) is 3.52. The van der Waals surface area contributed by atoms with Gasteiger partial charge in [0.2, 0.25) is 5.91 Å². The number of nitrogens with two attached hydrogens (primary N) is 1. The summed E-state index contributed by atoms with van der Waals surface area (Å²) in [5.74, 6) is -1.56. The molecule has 0 atom stereocenters. The monoisotopic (exact) mass is 220 g/mol. The third-order valence-electron chi connectivity index (χ3n) is 2.80. The second-order valence-electron chi connectivity index (χ2n) is 3.93. The van der Waals surface area contributed by atoms with Crippen LogP contribution in [0.15, 0.2) is 24.3 Å². The summed E-state index contributed by atoms with van der Waals surface area (Å²) in [6, 6.07) is 6.77. The average Bonchev–Trinajstić information content (AvgIpc) is 3.02. The Balaban J connectivity index is 2.15. The lowest BCUT2D eigenvalue weighted by Gasteiger charge is -2.12. The zero-order chi connectivity index (χ0) is 11.8. The lowest BCUT2D eigenvalue weighted by atomic mass is 10.1. The van der Waals surface area contributed by atoms with Crippen LogP contribution in [0.2, 0.25) is 0 Å². The lowest BCUT2D eigenvalue weighted by Crippen LogP contribution is -2.31. The Hall–Kier alpha value is -2.04. The van der Waals surface area contributed by atoms with Crippen LogP contribution >= 0.6 is 0 Å². The summed E-state index contributed by atoms with van der Waals surface area (Å²) in [7, 11) is 0. The van der Waals surface area contributed by atoms with Crippen molar-refractivity contribution in [1.82, 2.24) is 0 Å². The first-order chi connectivity index (χ1) is 7.56. The average molecular weight is 220 g/mol. The number of nitrogens with one attached hydrogen (secondary N) is 1. The molecule has 0 unspecified atom stereocenters. The van der Waals surface area contributed by atoms with E-state index in [4.69, 9.17) is 10.8 Å². The van der Waals surface area contributed by atoms with Gasteiger partial charge >= 0.3 is 5.97 Å². The molecule has 1 amide bonds. The maximum atomic E-state index is 11.7. The van der Waals surface area contributed by atoms with Crippen LogP contribution in [-0.4, -0.2) is 17.0 Å². The zero-order valence-corrected chi connectivity index (χ0v) is 8.56. The first-order valence-corrected chi connectivity index (χ1v) is 4.95. The van der Waals surface area contributed by atoms with E-state index in [0.717, 1.165) is 0 Å². The van der Waals surface area contributed by atoms with Crippen molar-refractivity contribution in [3.8, 4) is 0 Å². The Labute approximate surface area is 92.3 Å². The molecule has 0 aliphatic heterocycles. The smallest absolute Gasteiger partial charge is 0.319 e. The van der Waals surface area contributed by atoms with E-state index in [1.54, 1.807) is 24.3 Å². The molecular weight excluding hydrogens is 208 g/mol. The number of aliphatic carboxylic acids is 1. The summed E-state index contributed by atoms with van der Waals surface area (Å²) in [5, 5.41) is 11.5. The molecular formula is C11H12N2O3. The summed E-state index contributed by atoms with van der Waals surface area (Å²) >= 11 is 0. The number of carboxylic acid groups (broad SMARTS) is 1. The summed E-state index contributed by atoms with van der Waals surface area (Å²) in [4.78, 5) is 22.7. The molecule has 0 spiro atoms. The SMILES string of the molecule is Nc1ccccc1NC(=O)C1(C(=O)O)CC1. The maximum Gasteiger partial charge on any atom is 0.319 e. The van der Waals surface area contributed by atoms with E-state index in [0.29, 0.717) is 24.2 Å². The number of carboxylic acids is 1. The summed E-state index contributed by atoms with van der Waals surface area (Å²) in [6.07, 6.45) is 0.780. The Bertz CT molecular complexity index is 452. The lowest BCUT2D eigenvalue weighted by molar-refractivity contribution is -0.147. The fraction of sp³-hybridized carbons (Fsp3) is 0.273. The van der Waals surface area contributed by atoms with Gasteiger partial charge in [0.15, 0.2) is 0 Å². The van der Waals surface area contributed by atoms with E-state index < -0.39 is 17.3 Å². The van der Waals surface area contributed by atoms with E-state index >= 15 is 0 Å². The number of hydrogen-bond donors (Lipinski definition) is 3. The highest BCUT2D eigenvalue weighted by Gasteiger charge is 2.57. The quantitative estimate of drug-likeness (QED) is 0.524. The molecule has 0 saturated heterocycles. The van der Waals surface area contributed by atoms with Gasteiger partial charge in [0.25, 0.3) is 0 Å². The molecule has 0 heterocycles. The third kappa shape index (κ3) is 1.60. The fourth-order valence-corrected chi connectivity index (χ4v) is 1.52. The molecule has 0 aromatic heterocycles. The number of anilines is 2. The fourth-order valence-electron chi connectivity index (χ4n) is 1.52. The summed E-state index contributed by atoms with van der Waals surface area (Å²) < 4.78 is 0. The van der Waals surface area contributed by atoms with Gasteiger partial charge in [0.1, 0.15) is 5.41 Å². The Morgan fingerprint density at radius 2 is 1.94 bits per heavy atom. The first-order valence-electron chi connectivity index (χ1n) is 4.95. The van der Waals surface area contributed by atoms with E-state index in [2.05, 4.69) is 5.32 Å². The molecule has 1 aromatic rings. The molecule has 84 valence electrons. The highest BCUT2D eigenvalue weighted by atomic mass is 16.4. The highest BCUT2D eigenvalue weighted by Crippen LogP contribution is 2.46. The van der Waals surface area contributed by atoms with Gasteiger partial charge in [0, 0.05) is 0 Å². The molecule has 1 aliphatic rings. The van der Waals surface area contributed by atoms with Crippen LogP contribution in [0, 0.1) is 5.41 Å². The van der Waals surface area contributed by atoms with Gasteiger partial charge in [-0.2, -0.15) is 0 Å². The zero-order valence-electron chi connectivity index (χ0n) is 8.56. The van der Waals surface area contributed by atoms with Gasteiger partial charge in [-0.15, -0.1) is 0 Å². The number of carbonyl (C=O) groups excluding carboxylic acids is 1. The number of rotatable bonds is 3. The molecule has 1 aliphatic carbocycles. The number of hydrogen-bond acceptors (Lipinski definition) is 3. The summed E-state index contributed by atoms with van der Waals surface area (Å²) in [6.45, 7) is 0.